The molecule has 1 atom stereocenters. The summed E-state index contributed by atoms with van der Waals surface area (Å²) in [6, 6.07) is 15.9. The molecule has 1 aliphatic rings. The lowest BCUT2D eigenvalue weighted by Gasteiger charge is -2.21. The molecule has 0 spiro atoms. The molecule has 180 valence electrons. The van der Waals surface area contributed by atoms with Crippen LogP contribution in [0.1, 0.15) is 24.1 Å². The molecule has 0 bridgehead atoms. The summed E-state index contributed by atoms with van der Waals surface area (Å²) in [4.78, 5) is 12.0. The Hall–Kier alpha value is -3.25. The second-order valence-electron chi connectivity index (χ2n) is 8.24. The largest absolute Gasteiger partial charge is 0.447 e. The van der Waals surface area contributed by atoms with Crippen molar-refractivity contribution < 1.29 is 23.2 Å². The van der Waals surface area contributed by atoms with Crippen LogP contribution in [0, 0.1) is 13.8 Å². The first kappa shape index (κ1) is 23.9. The highest BCUT2D eigenvalue weighted by molar-refractivity contribution is 7.90. The number of carbonyl (C=O) groups excluding carboxylic acids is 1. The molecule has 1 aromatic heterocycles. The summed E-state index contributed by atoms with van der Waals surface area (Å²) in [6.45, 7) is 4.47. The molecule has 10 nitrogen and oxygen atoms in total. The zero-order valence-corrected chi connectivity index (χ0v) is 19.7. The molecule has 0 radical (unpaired) electrons. The quantitative estimate of drug-likeness (QED) is 0.436. The maximum atomic E-state index is 12.6. The summed E-state index contributed by atoms with van der Waals surface area (Å²) in [5.74, 6) is 0. The highest BCUT2D eigenvalue weighted by atomic mass is 32.2. The van der Waals surface area contributed by atoms with Crippen LogP contribution in [0.2, 0.25) is 0 Å². The Balaban J connectivity index is 1.46. The van der Waals surface area contributed by atoms with Crippen LogP contribution in [0.3, 0.4) is 0 Å². The fourth-order valence-electron chi connectivity index (χ4n) is 3.90. The number of aromatic nitrogens is 2. The van der Waals surface area contributed by atoms with Gasteiger partial charge in [-0.2, -0.15) is 5.10 Å². The fraction of sp³-hybridized carbons (Fsp3) is 0.304. The number of nitrogens with one attached hydrogen (secondary N) is 2. The Labute approximate surface area is 198 Å². The Morgan fingerprint density at radius 2 is 1.85 bits per heavy atom. The van der Waals surface area contributed by atoms with E-state index >= 15 is 0 Å². The summed E-state index contributed by atoms with van der Waals surface area (Å²) in [5.41, 5.74) is 6.58. The monoisotopic (exact) mass is 485 g/mol. The zero-order valence-electron chi connectivity index (χ0n) is 18.9. The third kappa shape index (κ3) is 5.28. The van der Waals surface area contributed by atoms with Gasteiger partial charge in [0.2, 0.25) is 0 Å². The van der Waals surface area contributed by atoms with Crippen molar-refractivity contribution in [1.29, 1.82) is 0 Å². The number of rotatable bonds is 7. The van der Waals surface area contributed by atoms with E-state index in [9.17, 15) is 13.2 Å². The maximum absolute atomic E-state index is 12.6. The second kappa shape index (κ2) is 9.94. The van der Waals surface area contributed by atoms with E-state index in [1.165, 1.54) is 17.1 Å². The maximum Gasteiger partial charge on any atom is 0.421 e. The third-order valence-electron chi connectivity index (χ3n) is 5.70. The summed E-state index contributed by atoms with van der Waals surface area (Å²) >= 11 is 0. The van der Waals surface area contributed by atoms with Crippen LogP contribution in [-0.4, -0.2) is 53.7 Å². The van der Waals surface area contributed by atoms with E-state index in [4.69, 9.17) is 9.94 Å². The average molecular weight is 486 g/mol. The van der Waals surface area contributed by atoms with Crippen LogP contribution in [0.5, 0.6) is 0 Å². The van der Waals surface area contributed by atoms with Gasteiger partial charge < -0.3 is 9.94 Å². The standard InChI is InChI=1S/C23H27N5O5S/c1-16-5-7-18(8-6-16)22-14-17(2)24-28(22)19-9-11-21(12-10-19)34(31,32)25-23(29)33-15-20-4-3-13-27(20)26-30/h5-12,14,20,26,30H,3-4,13,15H2,1-2H3,(H,25,29)/t20-/m1/s1. The fourth-order valence-corrected chi connectivity index (χ4v) is 4.79. The van der Waals surface area contributed by atoms with E-state index in [1.807, 2.05) is 54.5 Å². The number of hydrazine groups is 1. The topological polar surface area (TPSA) is 126 Å². The van der Waals surface area contributed by atoms with Gasteiger partial charge in [0.25, 0.3) is 10.0 Å². The number of nitrogens with zero attached hydrogens (tertiary/aromatic N) is 3. The number of carbonyl (C=O) groups is 1. The molecule has 2 heterocycles. The summed E-state index contributed by atoms with van der Waals surface area (Å²) < 4.78 is 34.0. The predicted molar refractivity (Wildman–Crippen MR) is 125 cm³/mol. The minimum absolute atomic E-state index is 0.0473. The van der Waals surface area contributed by atoms with E-state index in [0.29, 0.717) is 18.7 Å². The summed E-state index contributed by atoms with van der Waals surface area (Å²) in [5, 5.41) is 15.1. The van der Waals surface area contributed by atoms with Crippen molar-refractivity contribution in [2.75, 3.05) is 13.2 Å². The molecular weight excluding hydrogens is 458 g/mol. The van der Waals surface area contributed by atoms with Crippen LogP contribution < -0.4 is 10.3 Å². The normalized spacial score (nSPS) is 16.5. The SMILES string of the molecule is Cc1ccc(-c2cc(C)nn2-c2ccc(S(=O)(=O)NC(=O)OC[C@H]3CCCN3NO)cc2)cc1. The van der Waals surface area contributed by atoms with Crippen molar-refractivity contribution in [1.82, 2.24) is 25.1 Å². The molecule has 2 aromatic carbocycles. The Morgan fingerprint density at radius 1 is 1.15 bits per heavy atom. The molecule has 0 unspecified atom stereocenters. The number of aryl methyl sites for hydroxylation is 2. The Kier molecular flexibility index (Phi) is 6.98. The van der Waals surface area contributed by atoms with Crippen LogP contribution >= 0.6 is 0 Å². The summed E-state index contributed by atoms with van der Waals surface area (Å²) in [7, 11) is -4.12. The molecule has 3 aromatic rings. The number of hydrogen-bond acceptors (Lipinski definition) is 8. The van der Waals surface area contributed by atoms with Crippen molar-refractivity contribution in [3.8, 4) is 16.9 Å². The van der Waals surface area contributed by atoms with E-state index in [1.54, 1.807) is 16.8 Å². The van der Waals surface area contributed by atoms with Crippen LogP contribution in [0.4, 0.5) is 4.79 Å². The molecule has 4 rings (SSSR count). The number of benzene rings is 2. The van der Waals surface area contributed by atoms with Crippen molar-refractivity contribution in [3.63, 3.8) is 0 Å². The number of sulfonamides is 1. The van der Waals surface area contributed by atoms with Gasteiger partial charge >= 0.3 is 6.09 Å². The zero-order chi connectivity index (χ0) is 24.3. The molecule has 1 fully saturated rings. The second-order valence-corrected chi connectivity index (χ2v) is 9.92. The minimum Gasteiger partial charge on any atom is -0.447 e. The average Bonchev–Trinajstić information content (AvgIpc) is 3.44. The molecule has 1 saturated heterocycles. The van der Waals surface area contributed by atoms with E-state index in [0.717, 1.165) is 28.9 Å². The van der Waals surface area contributed by atoms with Crippen LogP contribution in [0.25, 0.3) is 16.9 Å². The first-order valence-corrected chi connectivity index (χ1v) is 12.4. The molecule has 0 saturated carbocycles. The van der Waals surface area contributed by atoms with Gasteiger partial charge in [0, 0.05) is 12.1 Å². The summed E-state index contributed by atoms with van der Waals surface area (Å²) in [6.07, 6.45) is 0.472. The van der Waals surface area contributed by atoms with Crippen molar-refractivity contribution >= 4 is 16.1 Å². The number of hydrogen-bond donors (Lipinski definition) is 3. The van der Waals surface area contributed by atoms with Gasteiger partial charge in [-0.05, 0) is 57.0 Å². The van der Waals surface area contributed by atoms with E-state index in [-0.39, 0.29) is 17.5 Å². The van der Waals surface area contributed by atoms with Crippen LogP contribution in [-0.2, 0) is 14.8 Å². The molecule has 0 aliphatic carbocycles. The van der Waals surface area contributed by atoms with Crippen molar-refractivity contribution in [3.05, 3.63) is 65.9 Å². The Bertz CT molecular complexity index is 1260. The first-order chi connectivity index (χ1) is 16.3. The highest BCUT2D eigenvalue weighted by Crippen LogP contribution is 2.25. The first-order valence-electron chi connectivity index (χ1n) is 10.9. The van der Waals surface area contributed by atoms with E-state index in [2.05, 4.69) is 5.10 Å². The molecule has 1 aliphatic heterocycles. The van der Waals surface area contributed by atoms with Gasteiger partial charge in [-0.1, -0.05) is 29.8 Å². The highest BCUT2D eigenvalue weighted by Gasteiger charge is 2.26. The van der Waals surface area contributed by atoms with Gasteiger partial charge in [0.05, 0.1) is 28.0 Å². The minimum atomic E-state index is -4.12. The number of ether oxygens (including phenoxy) is 1. The smallest absolute Gasteiger partial charge is 0.421 e. The molecule has 3 N–H and O–H groups in total. The molecular formula is C23H27N5O5S. The van der Waals surface area contributed by atoms with Gasteiger partial charge in [-0.15, -0.1) is 5.59 Å². The lowest BCUT2D eigenvalue weighted by molar-refractivity contribution is -0.0415. The van der Waals surface area contributed by atoms with E-state index < -0.39 is 16.1 Å². The predicted octanol–water partition coefficient (Wildman–Crippen LogP) is 2.93. The molecule has 34 heavy (non-hydrogen) atoms. The molecule has 1 amide bonds. The number of amides is 1. The third-order valence-corrected chi connectivity index (χ3v) is 7.03. The van der Waals surface area contributed by atoms with Gasteiger partial charge in [-0.25, -0.2) is 27.6 Å². The van der Waals surface area contributed by atoms with Crippen molar-refractivity contribution in [2.24, 2.45) is 0 Å². The Morgan fingerprint density at radius 3 is 2.53 bits per heavy atom. The van der Waals surface area contributed by atoms with Gasteiger partial charge in [0.1, 0.15) is 6.61 Å². The van der Waals surface area contributed by atoms with Crippen molar-refractivity contribution in [2.45, 2.75) is 37.6 Å². The van der Waals surface area contributed by atoms with Crippen LogP contribution in [0.15, 0.2) is 59.5 Å². The molecule has 11 heteroatoms. The van der Waals surface area contributed by atoms with Gasteiger partial charge in [0.15, 0.2) is 0 Å². The lowest BCUT2D eigenvalue weighted by Crippen LogP contribution is -2.43. The lowest BCUT2D eigenvalue weighted by atomic mass is 10.1. The van der Waals surface area contributed by atoms with Gasteiger partial charge in [-0.3, -0.25) is 0 Å².